The number of hydrogen-bond acceptors (Lipinski definition) is 4. The normalized spacial score (nSPS) is 18.7. The van der Waals surface area contributed by atoms with Gasteiger partial charge in [-0.3, -0.25) is 4.79 Å². The van der Waals surface area contributed by atoms with E-state index in [4.69, 9.17) is 9.47 Å². The van der Waals surface area contributed by atoms with Gasteiger partial charge in [0.15, 0.2) is 18.1 Å². The first-order valence-corrected chi connectivity index (χ1v) is 7.01. The summed E-state index contributed by atoms with van der Waals surface area (Å²) in [4.78, 5) is 13.7. The zero-order chi connectivity index (χ0) is 14.4. The molecule has 5 heteroatoms. The Hall–Kier alpha value is -1.75. The molecule has 110 valence electrons. The zero-order valence-electron chi connectivity index (χ0n) is 11.7. The lowest BCUT2D eigenvalue weighted by Gasteiger charge is -2.30. The Balaban J connectivity index is 1.89. The van der Waals surface area contributed by atoms with E-state index in [0.717, 1.165) is 12.8 Å². The number of aliphatic hydroxyl groups excluding tert-OH is 1. The van der Waals surface area contributed by atoms with Gasteiger partial charge in [0.25, 0.3) is 5.91 Å². The Bertz CT molecular complexity index is 449. The van der Waals surface area contributed by atoms with E-state index in [1.54, 1.807) is 11.0 Å². The summed E-state index contributed by atoms with van der Waals surface area (Å²) in [6.45, 7) is 3.50. The van der Waals surface area contributed by atoms with Crippen LogP contribution in [0.3, 0.4) is 0 Å². The summed E-state index contributed by atoms with van der Waals surface area (Å²) in [7, 11) is 0. The number of benzene rings is 1. The molecule has 1 aromatic carbocycles. The number of para-hydroxylation sites is 2. The van der Waals surface area contributed by atoms with Crippen LogP contribution < -0.4 is 9.47 Å². The van der Waals surface area contributed by atoms with Crippen molar-refractivity contribution in [1.29, 1.82) is 0 Å². The van der Waals surface area contributed by atoms with Crippen molar-refractivity contribution in [2.45, 2.75) is 25.9 Å². The van der Waals surface area contributed by atoms with Crippen molar-refractivity contribution in [3.8, 4) is 11.5 Å². The lowest BCUT2D eigenvalue weighted by atomic mass is 10.1. The van der Waals surface area contributed by atoms with Crippen molar-refractivity contribution in [3.63, 3.8) is 0 Å². The minimum atomic E-state index is -0.414. The van der Waals surface area contributed by atoms with Gasteiger partial charge in [-0.05, 0) is 31.9 Å². The van der Waals surface area contributed by atoms with Gasteiger partial charge in [-0.15, -0.1) is 0 Å². The second-order valence-corrected chi connectivity index (χ2v) is 4.80. The fourth-order valence-electron chi connectivity index (χ4n) is 2.26. The topological polar surface area (TPSA) is 59.0 Å². The van der Waals surface area contributed by atoms with Gasteiger partial charge in [-0.25, -0.2) is 0 Å². The van der Waals surface area contributed by atoms with Crippen molar-refractivity contribution >= 4 is 5.91 Å². The molecule has 0 aliphatic carbocycles. The number of hydrogen-bond donors (Lipinski definition) is 1. The molecule has 0 saturated carbocycles. The molecule has 1 atom stereocenters. The van der Waals surface area contributed by atoms with Crippen molar-refractivity contribution < 1.29 is 19.4 Å². The molecule has 1 aliphatic heterocycles. The van der Waals surface area contributed by atoms with E-state index in [2.05, 4.69) is 0 Å². The average Bonchev–Trinajstić information content (AvgIpc) is 2.46. The van der Waals surface area contributed by atoms with E-state index < -0.39 is 6.10 Å². The quantitative estimate of drug-likeness (QED) is 0.886. The molecule has 0 radical (unpaired) electrons. The number of aliphatic hydroxyl groups is 1. The molecular formula is C15H21NO4. The van der Waals surface area contributed by atoms with Crippen LogP contribution in [0.1, 0.15) is 19.8 Å². The lowest BCUT2D eigenvalue weighted by Crippen LogP contribution is -2.44. The predicted molar refractivity (Wildman–Crippen MR) is 74.9 cm³/mol. The van der Waals surface area contributed by atoms with Gasteiger partial charge in [-0.2, -0.15) is 0 Å². The van der Waals surface area contributed by atoms with Crippen LogP contribution in [-0.4, -0.2) is 48.3 Å². The summed E-state index contributed by atoms with van der Waals surface area (Å²) in [5.74, 6) is 1.11. The fourth-order valence-corrected chi connectivity index (χ4v) is 2.26. The summed E-state index contributed by atoms with van der Waals surface area (Å²) >= 11 is 0. The summed E-state index contributed by atoms with van der Waals surface area (Å²) in [5.41, 5.74) is 0. The summed E-state index contributed by atoms with van der Waals surface area (Å²) in [6, 6.07) is 7.30. The highest BCUT2D eigenvalue weighted by Crippen LogP contribution is 2.26. The van der Waals surface area contributed by atoms with E-state index in [9.17, 15) is 9.90 Å². The third-order valence-corrected chi connectivity index (χ3v) is 3.25. The van der Waals surface area contributed by atoms with Gasteiger partial charge in [0.2, 0.25) is 0 Å². The summed E-state index contributed by atoms with van der Waals surface area (Å²) in [5, 5.41) is 9.57. The van der Waals surface area contributed by atoms with Gasteiger partial charge in [-0.1, -0.05) is 12.1 Å². The highest BCUT2D eigenvalue weighted by Gasteiger charge is 2.22. The first-order chi connectivity index (χ1) is 9.70. The SMILES string of the molecule is CCOc1ccccc1OCC(=O)N1CCCC(O)C1. The van der Waals surface area contributed by atoms with Crippen molar-refractivity contribution in [2.24, 2.45) is 0 Å². The first-order valence-electron chi connectivity index (χ1n) is 7.01. The van der Waals surface area contributed by atoms with Crippen molar-refractivity contribution in [3.05, 3.63) is 24.3 Å². The van der Waals surface area contributed by atoms with Crippen LogP contribution in [0.4, 0.5) is 0 Å². The molecule has 0 spiro atoms. The second kappa shape index (κ2) is 7.14. The maximum atomic E-state index is 12.0. The number of β-amino-alcohol motifs (C(OH)–C–C–N with tert-alkyl or cyclic N) is 1. The third-order valence-electron chi connectivity index (χ3n) is 3.25. The first kappa shape index (κ1) is 14.7. The van der Waals surface area contributed by atoms with Crippen LogP contribution in [0, 0.1) is 0 Å². The largest absolute Gasteiger partial charge is 0.490 e. The van der Waals surface area contributed by atoms with Gasteiger partial charge >= 0.3 is 0 Å². The predicted octanol–water partition coefficient (Wildman–Crippen LogP) is 1.45. The van der Waals surface area contributed by atoms with Crippen molar-refractivity contribution in [1.82, 2.24) is 4.90 Å². The minimum absolute atomic E-state index is 0.0309. The Labute approximate surface area is 119 Å². The highest BCUT2D eigenvalue weighted by molar-refractivity contribution is 5.78. The molecule has 0 bridgehead atoms. The molecule has 1 aromatic rings. The molecule has 1 saturated heterocycles. The Morgan fingerprint density at radius 3 is 2.70 bits per heavy atom. The lowest BCUT2D eigenvalue weighted by molar-refractivity contribution is -0.136. The molecular weight excluding hydrogens is 258 g/mol. The number of carbonyl (C=O) groups is 1. The van der Waals surface area contributed by atoms with Crippen LogP contribution in [0.5, 0.6) is 11.5 Å². The number of carbonyl (C=O) groups excluding carboxylic acids is 1. The smallest absolute Gasteiger partial charge is 0.260 e. The Morgan fingerprint density at radius 2 is 2.05 bits per heavy atom. The van der Waals surface area contributed by atoms with Crippen LogP contribution in [0.25, 0.3) is 0 Å². The third kappa shape index (κ3) is 3.87. The number of likely N-dealkylation sites (tertiary alicyclic amines) is 1. The van der Waals surface area contributed by atoms with Gasteiger partial charge in [0, 0.05) is 13.1 Å². The number of amides is 1. The van der Waals surface area contributed by atoms with Gasteiger partial charge < -0.3 is 19.5 Å². The van der Waals surface area contributed by atoms with Crippen LogP contribution in [-0.2, 0) is 4.79 Å². The number of rotatable bonds is 5. The highest BCUT2D eigenvalue weighted by atomic mass is 16.5. The van der Waals surface area contributed by atoms with E-state index in [0.29, 0.717) is 31.2 Å². The van der Waals surface area contributed by atoms with Crippen LogP contribution in [0.2, 0.25) is 0 Å². The van der Waals surface area contributed by atoms with Crippen molar-refractivity contribution in [2.75, 3.05) is 26.3 Å². The zero-order valence-corrected chi connectivity index (χ0v) is 11.7. The number of ether oxygens (including phenoxy) is 2. The molecule has 20 heavy (non-hydrogen) atoms. The summed E-state index contributed by atoms with van der Waals surface area (Å²) in [6.07, 6.45) is 1.18. The molecule has 1 fully saturated rings. The van der Waals surface area contributed by atoms with Crippen LogP contribution in [0.15, 0.2) is 24.3 Å². The maximum Gasteiger partial charge on any atom is 0.260 e. The van der Waals surface area contributed by atoms with E-state index in [1.165, 1.54) is 0 Å². The molecule has 0 aromatic heterocycles. The summed E-state index contributed by atoms with van der Waals surface area (Å²) < 4.78 is 11.0. The monoisotopic (exact) mass is 279 g/mol. The van der Waals surface area contributed by atoms with E-state index >= 15 is 0 Å². The Morgan fingerprint density at radius 1 is 1.35 bits per heavy atom. The van der Waals surface area contributed by atoms with Gasteiger partial charge in [0.1, 0.15) is 0 Å². The minimum Gasteiger partial charge on any atom is -0.490 e. The molecule has 2 rings (SSSR count). The standard InChI is InChI=1S/C15H21NO4/c1-2-19-13-7-3-4-8-14(13)20-11-15(18)16-9-5-6-12(17)10-16/h3-4,7-8,12,17H,2,5-6,9-11H2,1H3. The molecule has 1 aliphatic rings. The van der Waals surface area contributed by atoms with E-state index in [1.807, 2.05) is 25.1 Å². The van der Waals surface area contributed by atoms with Gasteiger partial charge in [0.05, 0.1) is 12.7 Å². The second-order valence-electron chi connectivity index (χ2n) is 4.80. The molecule has 1 N–H and O–H groups in total. The molecule has 1 unspecified atom stereocenters. The Kier molecular flexibility index (Phi) is 5.24. The molecule has 1 heterocycles. The van der Waals surface area contributed by atoms with Crippen LogP contribution >= 0.6 is 0 Å². The fraction of sp³-hybridized carbons (Fsp3) is 0.533. The number of piperidine rings is 1. The average molecular weight is 279 g/mol. The molecule has 1 amide bonds. The number of nitrogens with zero attached hydrogens (tertiary/aromatic N) is 1. The molecule has 5 nitrogen and oxygen atoms in total. The van der Waals surface area contributed by atoms with E-state index in [-0.39, 0.29) is 12.5 Å². The maximum absolute atomic E-state index is 12.0.